The maximum absolute atomic E-state index is 12.3. The van der Waals surface area contributed by atoms with Crippen molar-refractivity contribution in [3.05, 3.63) is 0 Å². The van der Waals surface area contributed by atoms with Crippen LogP contribution in [0.5, 0.6) is 0 Å². The Bertz CT molecular complexity index is 340. The van der Waals surface area contributed by atoms with Crippen LogP contribution in [0.1, 0.15) is 54.4 Å². The molecule has 0 saturated carbocycles. The number of Topliss-reactive ketones (excluding diaryl/α,β-unsaturated/α-hetero) is 1. The summed E-state index contributed by atoms with van der Waals surface area (Å²) in [5, 5.41) is 0. The Morgan fingerprint density at radius 3 is 1.95 bits per heavy atom. The number of ether oxygens (including phenoxy) is 1. The average molecular weight is 287 g/mol. The molecule has 0 heterocycles. The van der Waals surface area contributed by atoms with Gasteiger partial charge in [0, 0.05) is 5.41 Å². The van der Waals surface area contributed by atoms with E-state index in [1.54, 1.807) is 20.8 Å². The number of hydrogen-bond acceptors (Lipinski definition) is 4. The molecule has 0 saturated heterocycles. The Balaban J connectivity index is 4.97. The van der Waals surface area contributed by atoms with E-state index in [4.69, 9.17) is 10.5 Å². The first-order valence-corrected chi connectivity index (χ1v) is 7.19. The standard InChI is InChI=1S/C15H30N2O3/c1-14(2,3)12(18)11(17)10(8-7-9-16)20-13(19)15(4,5)6/h10-11H,7-9,16-17H2,1-6H3/p+1. The molecule has 0 spiro atoms. The molecule has 0 bridgehead atoms. The third-order valence-corrected chi connectivity index (χ3v) is 3.09. The normalized spacial score (nSPS) is 15.6. The van der Waals surface area contributed by atoms with Crippen LogP contribution < -0.4 is 11.5 Å². The van der Waals surface area contributed by atoms with E-state index in [0.29, 0.717) is 19.4 Å². The second-order valence-corrected chi connectivity index (χ2v) is 7.35. The predicted molar refractivity (Wildman–Crippen MR) is 78.8 cm³/mol. The van der Waals surface area contributed by atoms with E-state index in [1.807, 2.05) is 20.8 Å². The summed E-state index contributed by atoms with van der Waals surface area (Å²) in [7, 11) is 0. The molecule has 0 aromatic carbocycles. The van der Waals surface area contributed by atoms with Gasteiger partial charge in [-0.25, -0.2) is 0 Å². The van der Waals surface area contributed by atoms with Crippen molar-refractivity contribution >= 4 is 11.8 Å². The summed E-state index contributed by atoms with van der Waals surface area (Å²) >= 11 is 0. The van der Waals surface area contributed by atoms with Gasteiger partial charge in [-0.05, 0) is 40.2 Å². The van der Waals surface area contributed by atoms with Crippen LogP contribution in [0.15, 0.2) is 0 Å². The lowest BCUT2D eigenvalue weighted by molar-refractivity contribution is -0.422. The first-order chi connectivity index (χ1) is 8.91. The minimum Gasteiger partial charge on any atom is -0.455 e. The van der Waals surface area contributed by atoms with Gasteiger partial charge in [-0.3, -0.25) is 9.59 Å². The highest BCUT2D eigenvalue weighted by Gasteiger charge is 2.38. The number of nitrogens with two attached hydrogens (primary N) is 1. The number of ketones is 1. The third kappa shape index (κ3) is 6.01. The van der Waals surface area contributed by atoms with Crippen molar-refractivity contribution in [3.63, 3.8) is 0 Å². The highest BCUT2D eigenvalue weighted by molar-refractivity contribution is 5.88. The van der Waals surface area contributed by atoms with E-state index >= 15 is 0 Å². The fourth-order valence-electron chi connectivity index (χ4n) is 1.70. The van der Waals surface area contributed by atoms with Gasteiger partial charge in [-0.1, -0.05) is 20.8 Å². The number of carbonyl (C=O) groups excluding carboxylic acids is 2. The second-order valence-electron chi connectivity index (χ2n) is 7.35. The topological polar surface area (TPSA) is 97.0 Å². The first-order valence-electron chi connectivity index (χ1n) is 7.19. The van der Waals surface area contributed by atoms with Gasteiger partial charge in [0.2, 0.25) is 0 Å². The van der Waals surface area contributed by atoms with Crippen molar-refractivity contribution in [2.24, 2.45) is 16.6 Å². The molecule has 0 amide bonds. The molecule has 5 heteroatoms. The van der Waals surface area contributed by atoms with Crippen LogP contribution in [-0.2, 0) is 14.3 Å². The SMILES string of the molecule is CC(C)(C)C(=O)OC(CCCN)C([NH3+])C(=O)C(C)(C)C. The third-order valence-electron chi connectivity index (χ3n) is 3.09. The van der Waals surface area contributed by atoms with Crippen LogP contribution in [0.2, 0.25) is 0 Å². The molecule has 0 fully saturated rings. The van der Waals surface area contributed by atoms with Crippen LogP contribution >= 0.6 is 0 Å². The molecular formula is C15H31N2O3+. The fourth-order valence-corrected chi connectivity index (χ4v) is 1.70. The zero-order chi connectivity index (χ0) is 16.1. The van der Waals surface area contributed by atoms with Crippen molar-refractivity contribution in [2.75, 3.05) is 6.54 Å². The Morgan fingerprint density at radius 2 is 1.60 bits per heavy atom. The molecule has 0 aromatic rings. The van der Waals surface area contributed by atoms with Crippen LogP contribution in [0.4, 0.5) is 0 Å². The van der Waals surface area contributed by atoms with Gasteiger partial charge in [0.15, 0.2) is 17.9 Å². The summed E-state index contributed by atoms with van der Waals surface area (Å²) in [4.78, 5) is 24.3. The summed E-state index contributed by atoms with van der Waals surface area (Å²) in [5.74, 6) is -0.309. The minimum atomic E-state index is -0.592. The lowest BCUT2D eigenvalue weighted by Gasteiger charge is -2.28. The van der Waals surface area contributed by atoms with Gasteiger partial charge >= 0.3 is 5.97 Å². The highest BCUT2D eigenvalue weighted by atomic mass is 16.5. The van der Waals surface area contributed by atoms with Crippen molar-refractivity contribution in [3.8, 4) is 0 Å². The van der Waals surface area contributed by atoms with E-state index in [-0.39, 0.29) is 11.8 Å². The first kappa shape index (κ1) is 19.1. The average Bonchev–Trinajstić information content (AvgIpc) is 2.29. The number of carbonyl (C=O) groups is 2. The van der Waals surface area contributed by atoms with E-state index in [1.165, 1.54) is 0 Å². The van der Waals surface area contributed by atoms with Crippen LogP contribution in [0, 0.1) is 10.8 Å². The molecule has 0 aliphatic rings. The number of esters is 1. The van der Waals surface area contributed by atoms with Crippen LogP contribution in [0.25, 0.3) is 0 Å². The molecule has 5 N–H and O–H groups in total. The Hall–Kier alpha value is -0.940. The Morgan fingerprint density at radius 1 is 1.10 bits per heavy atom. The molecule has 5 nitrogen and oxygen atoms in total. The largest absolute Gasteiger partial charge is 0.455 e. The summed E-state index contributed by atoms with van der Waals surface area (Å²) in [5.41, 5.74) is 8.34. The van der Waals surface area contributed by atoms with Gasteiger partial charge in [0.25, 0.3) is 0 Å². The van der Waals surface area contributed by atoms with Gasteiger partial charge in [-0.2, -0.15) is 0 Å². The molecule has 20 heavy (non-hydrogen) atoms. The van der Waals surface area contributed by atoms with Gasteiger partial charge in [0.1, 0.15) is 0 Å². The molecule has 0 aliphatic carbocycles. The van der Waals surface area contributed by atoms with E-state index in [2.05, 4.69) is 5.73 Å². The highest BCUT2D eigenvalue weighted by Crippen LogP contribution is 2.22. The molecule has 0 rings (SSSR count). The number of quaternary nitrogens is 1. The van der Waals surface area contributed by atoms with Crippen LogP contribution in [0.3, 0.4) is 0 Å². The summed E-state index contributed by atoms with van der Waals surface area (Å²) in [6, 6.07) is -0.562. The van der Waals surface area contributed by atoms with Crippen molar-refractivity contribution < 1.29 is 20.1 Å². The van der Waals surface area contributed by atoms with Gasteiger partial charge in [-0.15, -0.1) is 0 Å². The van der Waals surface area contributed by atoms with Gasteiger partial charge < -0.3 is 16.2 Å². The number of rotatable bonds is 6. The smallest absolute Gasteiger partial charge is 0.311 e. The fraction of sp³-hybridized carbons (Fsp3) is 0.867. The Kier molecular flexibility index (Phi) is 6.84. The Labute approximate surface area is 122 Å². The lowest BCUT2D eigenvalue weighted by Crippen LogP contribution is -2.72. The van der Waals surface area contributed by atoms with Crippen molar-refractivity contribution in [1.29, 1.82) is 0 Å². The molecule has 0 aromatic heterocycles. The summed E-state index contributed by atoms with van der Waals surface area (Å²) < 4.78 is 5.52. The van der Waals surface area contributed by atoms with E-state index < -0.39 is 23.0 Å². The maximum Gasteiger partial charge on any atom is 0.311 e. The summed E-state index contributed by atoms with van der Waals surface area (Å²) in [6.45, 7) is 11.4. The molecule has 0 aliphatic heterocycles. The molecule has 2 unspecified atom stereocenters. The predicted octanol–water partition coefficient (Wildman–Crippen LogP) is 0.909. The lowest BCUT2D eigenvalue weighted by atomic mass is 9.84. The van der Waals surface area contributed by atoms with Gasteiger partial charge in [0.05, 0.1) is 5.41 Å². The second kappa shape index (κ2) is 7.18. The zero-order valence-electron chi connectivity index (χ0n) is 13.8. The van der Waals surface area contributed by atoms with E-state index in [0.717, 1.165) is 0 Å². The molecule has 2 atom stereocenters. The van der Waals surface area contributed by atoms with Crippen molar-refractivity contribution in [1.82, 2.24) is 0 Å². The van der Waals surface area contributed by atoms with Crippen LogP contribution in [-0.4, -0.2) is 30.4 Å². The molecular weight excluding hydrogens is 256 g/mol. The maximum atomic E-state index is 12.3. The van der Waals surface area contributed by atoms with Crippen molar-refractivity contribution in [2.45, 2.75) is 66.5 Å². The summed E-state index contributed by atoms with van der Waals surface area (Å²) in [6.07, 6.45) is 0.761. The quantitative estimate of drug-likeness (QED) is 0.709. The minimum absolute atomic E-state index is 0.00114. The molecule has 0 radical (unpaired) electrons. The molecule has 118 valence electrons. The van der Waals surface area contributed by atoms with E-state index in [9.17, 15) is 9.59 Å². The number of hydrogen-bond donors (Lipinski definition) is 2. The monoisotopic (exact) mass is 287 g/mol. The zero-order valence-corrected chi connectivity index (χ0v) is 13.8.